The second-order valence-corrected chi connectivity index (χ2v) is 11.2. The standard InChI is InChI=1S/C33H54N4O10/c1-5-28(32(42)45-7-3)36-17-13-34(24-30(38)39)15-19-37(20-16-35(14-18-36)25-31(40)41)29(33(43)46-8-4)23-26-9-11-27(12-10-26)47-22-21-44-6-2/h9-12,28-29H,5-8,13-25H2,1-4H3,(H,38,39)(H,40,41)/t28-,29+/m0/s1. The average molecular weight is 667 g/mol. The number of ether oxygens (including phenoxy) is 4. The van der Waals surface area contributed by atoms with E-state index >= 15 is 0 Å². The number of hydrogen-bond donors (Lipinski definition) is 2. The summed E-state index contributed by atoms with van der Waals surface area (Å²) in [5, 5.41) is 19.4. The summed E-state index contributed by atoms with van der Waals surface area (Å²) in [5.41, 5.74) is 0.885. The van der Waals surface area contributed by atoms with Crippen molar-refractivity contribution >= 4 is 23.9 Å². The van der Waals surface area contributed by atoms with Crippen molar-refractivity contribution in [3.63, 3.8) is 0 Å². The Labute approximate surface area is 278 Å². The predicted molar refractivity (Wildman–Crippen MR) is 175 cm³/mol. The van der Waals surface area contributed by atoms with E-state index < -0.39 is 30.0 Å². The molecule has 2 rings (SSSR count). The van der Waals surface area contributed by atoms with Gasteiger partial charge in [-0.1, -0.05) is 19.1 Å². The zero-order valence-corrected chi connectivity index (χ0v) is 28.4. The number of esters is 2. The fraction of sp³-hybridized carbons (Fsp3) is 0.697. The third-order valence-corrected chi connectivity index (χ3v) is 7.97. The molecule has 1 aromatic carbocycles. The zero-order chi connectivity index (χ0) is 34.6. The minimum absolute atomic E-state index is 0.195. The first-order chi connectivity index (χ1) is 22.6. The van der Waals surface area contributed by atoms with Gasteiger partial charge in [0.2, 0.25) is 0 Å². The lowest BCUT2D eigenvalue weighted by atomic mass is 10.0. The first-order valence-electron chi connectivity index (χ1n) is 16.6. The van der Waals surface area contributed by atoms with Crippen LogP contribution in [0, 0.1) is 0 Å². The molecule has 2 N–H and O–H groups in total. The number of carboxylic acids is 2. The molecule has 0 amide bonds. The van der Waals surface area contributed by atoms with Gasteiger partial charge in [-0.25, -0.2) is 0 Å². The topological polar surface area (TPSA) is 159 Å². The lowest BCUT2D eigenvalue weighted by Crippen LogP contribution is -2.54. The van der Waals surface area contributed by atoms with E-state index in [1.165, 1.54) is 0 Å². The molecule has 14 nitrogen and oxygen atoms in total. The highest BCUT2D eigenvalue weighted by molar-refractivity contribution is 5.76. The molecule has 0 saturated carbocycles. The zero-order valence-electron chi connectivity index (χ0n) is 28.4. The lowest BCUT2D eigenvalue weighted by Gasteiger charge is -2.37. The van der Waals surface area contributed by atoms with Crippen LogP contribution in [0.5, 0.6) is 5.75 Å². The molecule has 0 aromatic heterocycles. The van der Waals surface area contributed by atoms with Gasteiger partial charge in [-0.3, -0.25) is 38.8 Å². The van der Waals surface area contributed by atoms with Crippen molar-refractivity contribution in [3.05, 3.63) is 29.8 Å². The molecular weight excluding hydrogens is 612 g/mol. The number of benzene rings is 1. The first kappa shape index (κ1) is 39.9. The van der Waals surface area contributed by atoms with E-state index in [1.54, 1.807) is 23.6 Å². The minimum atomic E-state index is -0.981. The Morgan fingerprint density at radius 2 is 1.13 bits per heavy atom. The molecule has 1 heterocycles. The van der Waals surface area contributed by atoms with Crippen molar-refractivity contribution in [1.29, 1.82) is 0 Å². The Balaban J connectivity index is 2.35. The molecule has 14 heteroatoms. The third kappa shape index (κ3) is 15.0. The highest BCUT2D eigenvalue weighted by Crippen LogP contribution is 2.17. The fourth-order valence-corrected chi connectivity index (χ4v) is 5.57. The van der Waals surface area contributed by atoms with E-state index in [-0.39, 0.29) is 32.3 Å². The van der Waals surface area contributed by atoms with Crippen LogP contribution >= 0.6 is 0 Å². The number of nitrogens with zero attached hydrogens (tertiary/aromatic N) is 4. The number of carboxylic acid groups (broad SMARTS) is 2. The molecule has 1 fully saturated rings. The van der Waals surface area contributed by atoms with Crippen LogP contribution in [-0.2, 0) is 39.8 Å². The number of carbonyl (C=O) groups excluding carboxylic acids is 2. The van der Waals surface area contributed by atoms with Gasteiger partial charge in [0.05, 0.1) is 32.9 Å². The summed E-state index contributed by atoms with van der Waals surface area (Å²) < 4.78 is 21.9. The highest BCUT2D eigenvalue weighted by Gasteiger charge is 2.31. The smallest absolute Gasteiger partial charge is 0.323 e. The SMILES string of the molecule is CCOCCOc1ccc(C[C@H](C(=O)OCC)N2CCN(CC(=O)O)CCN([C@@H](CC)C(=O)OCC)CCN(CC(=O)O)CC2)cc1. The molecule has 0 spiro atoms. The van der Waals surface area contributed by atoms with Crippen LogP contribution < -0.4 is 4.74 Å². The summed E-state index contributed by atoms with van der Waals surface area (Å²) >= 11 is 0. The lowest BCUT2D eigenvalue weighted by molar-refractivity contribution is -0.150. The van der Waals surface area contributed by atoms with Crippen molar-refractivity contribution in [3.8, 4) is 5.75 Å². The second-order valence-electron chi connectivity index (χ2n) is 11.2. The molecular formula is C33H54N4O10. The van der Waals surface area contributed by atoms with Crippen LogP contribution in [-0.4, -0.2) is 164 Å². The maximum absolute atomic E-state index is 13.4. The first-order valence-corrected chi connectivity index (χ1v) is 16.6. The van der Waals surface area contributed by atoms with Gasteiger partial charge in [-0.15, -0.1) is 0 Å². The van der Waals surface area contributed by atoms with Crippen molar-refractivity contribution in [2.45, 2.75) is 52.6 Å². The largest absolute Gasteiger partial charge is 0.491 e. The molecule has 1 aliphatic rings. The van der Waals surface area contributed by atoms with Crippen LogP contribution in [0.25, 0.3) is 0 Å². The van der Waals surface area contributed by atoms with Gasteiger partial charge in [0.25, 0.3) is 0 Å². The van der Waals surface area contributed by atoms with E-state index in [1.807, 2.05) is 47.9 Å². The highest BCUT2D eigenvalue weighted by atomic mass is 16.5. The molecule has 47 heavy (non-hydrogen) atoms. The Morgan fingerprint density at radius 3 is 1.55 bits per heavy atom. The quantitative estimate of drug-likeness (QED) is 0.171. The van der Waals surface area contributed by atoms with Gasteiger partial charge in [-0.05, 0) is 51.3 Å². The van der Waals surface area contributed by atoms with E-state index in [4.69, 9.17) is 18.9 Å². The van der Waals surface area contributed by atoms with Gasteiger partial charge >= 0.3 is 23.9 Å². The number of hydrogen-bond acceptors (Lipinski definition) is 12. The van der Waals surface area contributed by atoms with Crippen LogP contribution in [0.3, 0.4) is 0 Å². The van der Waals surface area contributed by atoms with E-state index in [2.05, 4.69) is 0 Å². The molecule has 1 saturated heterocycles. The number of carbonyl (C=O) groups is 4. The summed E-state index contributed by atoms with van der Waals surface area (Å²) in [7, 11) is 0. The molecule has 0 aliphatic carbocycles. The predicted octanol–water partition coefficient (Wildman–Crippen LogP) is 1.31. The summed E-state index contributed by atoms with van der Waals surface area (Å²) in [6, 6.07) is 6.25. The van der Waals surface area contributed by atoms with Crippen molar-refractivity contribution < 1.29 is 48.3 Å². The summed E-state index contributed by atoms with van der Waals surface area (Å²) in [6.45, 7) is 11.6. The summed E-state index contributed by atoms with van der Waals surface area (Å²) in [4.78, 5) is 57.4. The van der Waals surface area contributed by atoms with Crippen LogP contribution in [0.2, 0.25) is 0 Å². The van der Waals surface area contributed by atoms with E-state index in [9.17, 15) is 29.4 Å². The van der Waals surface area contributed by atoms with Gasteiger partial charge < -0.3 is 29.2 Å². The fourth-order valence-electron chi connectivity index (χ4n) is 5.57. The summed E-state index contributed by atoms with van der Waals surface area (Å²) in [5.74, 6) is -2.04. The maximum Gasteiger partial charge on any atom is 0.323 e. The van der Waals surface area contributed by atoms with Crippen molar-refractivity contribution in [2.24, 2.45) is 0 Å². The van der Waals surface area contributed by atoms with Crippen molar-refractivity contribution in [2.75, 3.05) is 98.5 Å². The number of aliphatic carboxylic acids is 2. The second kappa shape index (κ2) is 22.3. The van der Waals surface area contributed by atoms with Crippen LogP contribution in [0.4, 0.5) is 0 Å². The van der Waals surface area contributed by atoms with E-state index in [0.29, 0.717) is 90.8 Å². The molecule has 0 bridgehead atoms. The molecule has 266 valence electrons. The Bertz CT molecular complexity index is 1060. The average Bonchev–Trinajstić information content (AvgIpc) is 3.02. The van der Waals surface area contributed by atoms with Gasteiger partial charge in [0.15, 0.2) is 0 Å². The van der Waals surface area contributed by atoms with Gasteiger partial charge in [-0.2, -0.15) is 0 Å². The van der Waals surface area contributed by atoms with Crippen LogP contribution in [0.1, 0.15) is 39.7 Å². The molecule has 0 radical (unpaired) electrons. The normalized spacial score (nSPS) is 17.5. The Kier molecular flexibility index (Phi) is 18.9. The van der Waals surface area contributed by atoms with E-state index in [0.717, 1.165) is 5.56 Å². The van der Waals surface area contributed by atoms with Crippen molar-refractivity contribution in [1.82, 2.24) is 19.6 Å². The Morgan fingerprint density at radius 1 is 0.660 bits per heavy atom. The molecule has 1 aromatic rings. The molecule has 2 atom stereocenters. The maximum atomic E-state index is 13.4. The minimum Gasteiger partial charge on any atom is -0.491 e. The van der Waals surface area contributed by atoms with Crippen LogP contribution in [0.15, 0.2) is 24.3 Å². The third-order valence-electron chi connectivity index (χ3n) is 7.97. The van der Waals surface area contributed by atoms with Gasteiger partial charge in [0.1, 0.15) is 24.4 Å². The summed E-state index contributed by atoms with van der Waals surface area (Å²) in [6.07, 6.45) is 0.827. The molecule has 1 aliphatic heterocycles. The Hall–Kier alpha value is -3.30. The number of rotatable bonds is 18. The monoisotopic (exact) mass is 666 g/mol. The van der Waals surface area contributed by atoms with Gasteiger partial charge in [0, 0.05) is 59.0 Å². The molecule has 0 unspecified atom stereocenters.